The van der Waals surface area contributed by atoms with E-state index in [1.54, 1.807) is 0 Å². The van der Waals surface area contributed by atoms with Gasteiger partial charge in [-0.3, -0.25) is 9.59 Å². The van der Waals surface area contributed by atoms with E-state index in [9.17, 15) is 9.59 Å². The van der Waals surface area contributed by atoms with Crippen LogP contribution in [0.15, 0.2) is 18.5 Å². The molecule has 3 fully saturated rings. The summed E-state index contributed by atoms with van der Waals surface area (Å²) in [5, 5.41) is 0. The number of morpholine rings is 1. The molecule has 0 saturated carbocycles. The van der Waals surface area contributed by atoms with Crippen LogP contribution >= 0.6 is 0 Å². The van der Waals surface area contributed by atoms with E-state index in [1.807, 2.05) is 39.9 Å². The Balaban J connectivity index is 1.19. The standard InChI is InChI=1S/C22H34N4O3/c1-23-7-2-18(17-23)16-21(27)25-10-5-20(6-11-25)24-8-3-19(4-9-24)22(28)26-12-14-29-15-13-26/h2,7,17,19-20H,3-6,8-16H2,1H3. The van der Waals surface area contributed by atoms with Crippen LogP contribution in [0.3, 0.4) is 0 Å². The zero-order chi connectivity index (χ0) is 20.2. The van der Waals surface area contributed by atoms with Gasteiger partial charge in [-0.25, -0.2) is 0 Å². The van der Waals surface area contributed by atoms with Crippen molar-refractivity contribution in [2.45, 2.75) is 38.1 Å². The smallest absolute Gasteiger partial charge is 0.227 e. The number of nitrogens with zero attached hydrogens (tertiary/aromatic N) is 4. The van der Waals surface area contributed by atoms with E-state index in [0.29, 0.717) is 31.6 Å². The number of hydrogen-bond donors (Lipinski definition) is 0. The molecule has 3 aliphatic heterocycles. The molecule has 160 valence electrons. The topological polar surface area (TPSA) is 58.0 Å². The molecule has 0 aliphatic carbocycles. The Hall–Kier alpha value is -1.86. The molecule has 3 aliphatic rings. The Morgan fingerprint density at radius 3 is 2.28 bits per heavy atom. The number of aryl methyl sites for hydroxylation is 1. The van der Waals surface area contributed by atoms with Crippen molar-refractivity contribution in [2.24, 2.45) is 13.0 Å². The average Bonchev–Trinajstić information content (AvgIpc) is 3.18. The van der Waals surface area contributed by atoms with Gasteiger partial charge in [0, 0.05) is 57.6 Å². The molecule has 0 atom stereocenters. The van der Waals surface area contributed by atoms with Crippen molar-refractivity contribution in [3.8, 4) is 0 Å². The minimum atomic E-state index is 0.178. The summed E-state index contributed by atoms with van der Waals surface area (Å²) in [6.07, 6.45) is 8.52. The Kier molecular flexibility index (Phi) is 6.55. The van der Waals surface area contributed by atoms with Crippen molar-refractivity contribution in [3.63, 3.8) is 0 Å². The predicted molar refractivity (Wildman–Crippen MR) is 110 cm³/mol. The lowest BCUT2D eigenvalue weighted by Crippen LogP contribution is -2.51. The number of piperidine rings is 2. The molecule has 0 bridgehead atoms. The number of amides is 2. The third kappa shape index (κ3) is 5.01. The van der Waals surface area contributed by atoms with Crippen molar-refractivity contribution < 1.29 is 14.3 Å². The zero-order valence-corrected chi connectivity index (χ0v) is 17.6. The highest BCUT2D eigenvalue weighted by Gasteiger charge is 2.33. The molecule has 4 rings (SSSR count). The average molecular weight is 403 g/mol. The highest BCUT2D eigenvalue weighted by Crippen LogP contribution is 2.25. The Bertz CT molecular complexity index is 697. The van der Waals surface area contributed by atoms with Gasteiger partial charge in [-0.1, -0.05) is 0 Å². The molecule has 4 heterocycles. The number of likely N-dealkylation sites (tertiary alicyclic amines) is 2. The quantitative estimate of drug-likeness (QED) is 0.758. The van der Waals surface area contributed by atoms with Crippen LogP contribution in [-0.4, -0.2) is 89.6 Å². The van der Waals surface area contributed by atoms with E-state index >= 15 is 0 Å². The summed E-state index contributed by atoms with van der Waals surface area (Å²) in [5.41, 5.74) is 1.09. The Morgan fingerprint density at radius 2 is 1.66 bits per heavy atom. The maximum atomic E-state index is 12.7. The van der Waals surface area contributed by atoms with Gasteiger partial charge in [0.2, 0.25) is 11.8 Å². The second kappa shape index (κ2) is 9.30. The van der Waals surface area contributed by atoms with Gasteiger partial charge in [-0.15, -0.1) is 0 Å². The Labute approximate surface area is 173 Å². The molecule has 1 aromatic rings. The maximum Gasteiger partial charge on any atom is 0.227 e. The third-order valence-electron chi connectivity index (χ3n) is 6.78. The first-order valence-electron chi connectivity index (χ1n) is 11.1. The number of hydrogen-bond acceptors (Lipinski definition) is 4. The second-order valence-electron chi connectivity index (χ2n) is 8.72. The summed E-state index contributed by atoms with van der Waals surface area (Å²) in [4.78, 5) is 31.9. The molecule has 0 N–H and O–H groups in total. The van der Waals surface area contributed by atoms with Crippen molar-refractivity contribution >= 4 is 11.8 Å². The number of rotatable bonds is 4. The summed E-state index contributed by atoms with van der Waals surface area (Å²) in [7, 11) is 1.98. The van der Waals surface area contributed by atoms with Gasteiger partial charge >= 0.3 is 0 Å². The molecule has 1 aromatic heterocycles. The molecule has 0 radical (unpaired) electrons. The number of carbonyl (C=O) groups excluding carboxylic acids is 2. The van der Waals surface area contributed by atoms with E-state index in [1.165, 1.54) is 0 Å². The number of ether oxygens (including phenoxy) is 1. The molecule has 2 amide bonds. The number of aromatic nitrogens is 1. The first-order valence-corrected chi connectivity index (χ1v) is 11.1. The normalized spacial score (nSPS) is 22.8. The van der Waals surface area contributed by atoms with Crippen LogP contribution in [0, 0.1) is 5.92 Å². The lowest BCUT2D eigenvalue weighted by atomic mass is 9.92. The van der Waals surface area contributed by atoms with Gasteiger partial charge in [0.25, 0.3) is 0 Å². The summed E-state index contributed by atoms with van der Waals surface area (Å²) in [6.45, 7) is 6.54. The van der Waals surface area contributed by atoms with E-state index in [-0.39, 0.29) is 11.8 Å². The second-order valence-corrected chi connectivity index (χ2v) is 8.72. The van der Waals surface area contributed by atoms with Crippen LogP contribution in [0.25, 0.3) is 0 Å². The van der Waals surface area contributed by atoms with Crippen LogP contribution in [0.2, 0.25) is 0 Å². The minimum absolute atomic E-state index is 0.178. The predicted octanol–water partition coefficient (Wildman–Crippen LogP) is 1.13. The highest BCUT2D eigenvalue weighted by atomic mass is 16.5. The fourth-order valence-corrected chi connectivity index (χ4v) is 4.99. The molecule has 3 saturated heterocycles. The van der Waals surface area contributed by atoms with Gasteiger partial charge in [-0.05, 0) is 50.4 Å². The molecular formula is C22H34N4O3. The van der Waals surface area contributed by atoms with Crippen molar-refractivity contribution in [3.05, 3.63) is 24.0 Å². The van der Waals surface area contributed by atoms with E-state index in [4.69, 9.17) is 4.74 Å². The molecule has 7 heteroatoms. The number of carbonyl (C=O) groups is 2. The highest BCUT2D eigenvalue weighted by molar-refractivity contribution is 5.79. The summed E-state index contributed by atoms with van der Waals surface area (Å²) < 4.78 is 7.35. The van der Waals surface area contributed by atoms with Crippen LogP contribution in [0.5, 0.6) is 0 Å². The van der Waals surface area contributed by atoms with E-state index in [2.05, 4.69) is 4.90 Å². The Morgan fingerprint density at radius 1 is 0.966 bits per heavy atom. The van der Waals surface area contributed by atoms with Crippen molar-refractivity contribution in [1.82, 2.24) is 19.3 Å². The lowest BCUT2D eigenvalue weighted by Gasteiger charge is -2.42. The van der Waals surface area contributed by atoms with Gasteiger partial charge < -0.3 is 24.0 Å². The zero-order valence-electron chi connectivity index (χ0n) is 17.6. The SMILES string of the molecule is Cn1ccc(CC(=O)N2CCC(N3CCC(C(=O)N4CCOCC4)CC3)CC2)c1. The van der Waals surface area contributed by atoms with Crippen LogP contribution < -0.4 is 0 Å². The van der Waals surface area contributed by atoms with Crippen LogP contribution in [-0.2, 0) is 27.8 Å². The molecular weight excluding hydrogens is 368 g/mol. The lowest BCUT2D eigenvalue weighted by molar-refractivity contribution is -0.141. The maximum absolute atomic E-state index is 12.7. The van der Waals surface area contributed by atoms with Gasteiger partial charge in [0.15, 0.2) is 0 Å². The van der Waals surface area contributed by atoms with Gasteiger partial charge in [0.05, 0.1) is 19.6 Å². The first kappa shape index (κ1) is 20.4. The summed E-state index contributed by atoms with van der Waals surface area (Å²) in [5.74, 6) is 0.746. The minimum Gasteiger partial charge on any atom is -0.378 e. The summed E-state index contributed by atoms with van der Waals surface area (Å²) >= 11 is 0. The third-order valence-corrected chi connectivity index (χ3v) is 6.78. The first-order chi connectivity index (χ1) is 14.1. The van der Waals surface area contributed by atoms with E-state index in [0.717, 1.165) is 70.5 Å². The van der Waals surface area contributed by atoms with Crippen LogP contribution in [0.1, 0.15) is 31.2 Å². The molecule has 0 unspecified atom stereocenters. The summed E-state index contributed by atoms with van der Waals surface area (Å²) in [6, 6.07) is 2.57. The molecule has 7 nitrogen and oxygen atoms in total. The largest absolute Gasteiger partial charge is 0.378 e. The fourth-order valence-electron chi connectivity index (χ4n) is 4.99. The van der Waals surface area contributed by atoms with Gasteiger partial charge in [-0.2, -0.15) is 0 Å². The van der Waals surface area contributed by atoms with E-state index < -0.39 is 0 Å². The molecule has 0 aromatic carbocycles. The monoisotopic (exact) mass is 402 g/mol. The molecule has 29 heavy (non-hydrogen) atoms. The van der Waals surface area contributed by atoms with Crippen molar-refractivity contribution in [2.75, 3.05) is 52.5 Å². The molecule has 0 spiro atoms. The fraction of sp³-hybridized carbons (Fsp3) is 0.727. The van der Waals surface area contributed by atoms with Crippen LogP contribution in [0.4, 0.5) is 0 Å². The van der Waals surface area contributed by atoms with Crippen molar-refractivity contribution in [1.29, 1.82) is 0 Å². The van der Waals surface area contributed by atoms with Gasteiger partial charge in [0.1, 0.15) is 0 Å².